The molecule has 2 nitrogen and oxygen atoms in total. The number of hydrogen-bond donors (Lipinski definition) is 1. The van der Waals surface area contributed by atoms with Gasteiger partial charge in [0.2, 0.25) is 5.91 Å². The van der Waals surface area contributed by atoms with Gasteiger partial charge in [-0.3, -0.25) is 4.79 Å². The van der Waals surface area contributed by atoms with Crippen LogP contribution in [0.15, 0.2) is 30.3 Å². The van der Waals surface area contributed by atoms with Crippen molar-refractivity contribution in [3.63, 3.8) is 0 Å². The van der Waals surface area contributed by atoms with Gasteiger partial charge < -0.3 is 5.32 Å². The van der Waals surface area contributed by atoms with Gasteiger partial charge in [0.15, 0.2) is 0 Å². The highest BCUT2D eigenvalue weighted by molar-refractivity contribution is 6.32. The summed E-state index contributed by atoms with van der Waals surface area (Å²) in [6.45, 7) is 0. The lowest BCUT2D eigenvalue weighted by molar-refractivity contribution is -0.117. The van der Waals surface area contributed by atoms with Crippen LogP contribution in [0.2, 0.25) is 5.02 Å². The Morgan fingerprint density at radius 3 is 2.79 bits per heavy atom. The summed E-state index contributed by atoms with van der Waals surface area (Å²) in [5, 5.41) is 3.80. The van der Waals surface area contributed by atoms with Crippen molar-refractivity contribution >= 4 is 23.6 Å². The summed E-state index contributed by atoms with van der Waals surface area (Å²) in [7, 11) is 0. The molecule has 0 aromatic heterocycles. The first-order valence-electron chi connectivity index (χ1n) is 6.95. The Balaban J connectivity index is 1.58. The summed E-state index contributed by atoms with van der Waals surface area (Å²) in [5.74, 6) is 1.56. The van der Waals surface area contributed by atoms with Crippen LogP contribution in [0.25, 0.3) is 6.08 Å². The zero-order valence-electron chi connectivity index (χ0n) is 10.8. The zero-order valence-corrected chi connectivity index (χ0v) is 11.6. The Morgan fingerprint density at radius 2 is 2.11 bits per heavy atom. The minimum absolute atomic E-state index is 0.00234. The van der Waals surface area contributed by atoms with Gasteiger partial charge in [-0.15, -0.1) is 0 Å². The highest BCUT2D eigenvalue weighted by Crippen LogP contribution is 2.44. The molecule has 0 radical (unpaired) electrons. The molecule has 0 spiro atoms. The Bertz CT molecular complexity index is 511. The lowest BCUT2D eigenvalue weighted by Crippen LogP contribution is -2.37. The predicted molar refractivity (Wildman–Crippen MR) is 77.9 cm³/mol. The molecule has 0 aliphatic heterocycles. The SMILES string of the molecule is O=C(/C=C/c1ccccc1Cl)N[C@H]1C[C@H]2CC[C@H]1C2. The quantitative estimate of drug-likeness (QED) is 0.838. The summed E-state index contributed by atoms with van der Waals surface area (Å²) >= 11 is 6.05. The van der Waals surface area contributed by atoms with E-state index < -0.39 is 0 Å². The van der Waals surface area contributed by atoms with Gasteiger partial charge in [-0.25, -0.2) is 0 Å². The number of nitrogens with one attached hydrogen (secondary N) is 1. The number of carbonyl (C=O) groups excluding carboxylic acids is 1. The summed E-state index contributed by atoms with van der Waals surface area (Å²) < 4.78 is 0. The molecule has 0 unspecified atom stereocenters. The van der Waals surface area contributed by atoms with Crippen molar-refractivity contribution in [2.24, 2.45) is 11.8 Å². The second-order valence-corrected chi connectivity index (χ2v) is 6.05. The summed E-state index contributed by atoms with van der Waals surface area (Å²) in [6.07, 6.45) is 8.48. The van der Waals surface area contributed by atoms with Crippen LogP contribution in [-0.2, 0) is 4.79 Å². The first-order valence-corrected chi connectivity index (χ1v) is 7.33. The molecule has 19 heavy (non-hydrogen) atoms. The van der Waals surface area contributed by atoms with Crippen LogP contribution < -0.4 is 5.32 Å². The zero-order chi connectivity index (χ0) is 13.2. The van der Waals surface area contributed by atoms with Crippen LogP contribution in [-0.4, -0.2) is 11.9 Å². The summed E-state index contributed by atoms with van der Waals surface area (Å²) in [4.78, 5) is 11.9. The van der Waals surface area contributed by atoms with Crippen LogP contribution in [0, 0.1) is 11.8 Å². The standard InChI is InChI=1S/C16H18ClNO/c17-14-4-2-1-3-12(14)7-8-16(19)18-15-10-11-5-6-13(15)9-11/h1-4,7-8,11,13,15H,5-6,9-10H2,(H,18,19)/b8-7+/t11-,13-,15-/m0/s1. The van der Waals surface area contributed by atoms with E-state index in [1.807, 2.05) is 24.3 Å². The lowest BCUT2D eigenvalue weighted by atomic mass is 9.95. The normalized spacial score (nSPS) is 29.0. The van der Waals surface area contributed by atoms with Crippen LogP contribution in [0.3, 0.4) is 0 Å². The fourth-order valence-electron chi connectivity index (χ4n) is 3.43. The third-order valence-electron chi connectivity index (χ3n) is 4.39. The van der Waals surface area contributed by atoms with Crippen molar-refractivity contribution in [1.29, 1.82) is 0 Å². The van der Waals surface area contributed by atoms with Gasteiger partial charge in [0.05, 0.1) is 0 Å². The molecule has 2 aliphatic rings. The first-order chi connectivity index (χ1) is 9.22. The van der Waals surface area contributed by atoms with E-state index in [0.29, 0.717) is 17.0 Å². The third kappa shape index (κ3) is 2.84. The Morgan fingerprint density at radius 1 is 1.26 bits per heavy atom. The van der Waals surface area contributed by atoms with Crippen molar-refractivity contribution in [2.45, 2.75) is 31.7 Å². The number of rotatable bonds is 3. The van der Waals surface area contributed by atoms with Gasteiger partial charge in [-0.1, -0.05) is 36.2 Å². The van der Waals surface area contributed by atoms with Gasteiger partial charge in [-0.05, 0) is 48.8 Å². The monoisotopic (exact) mass is 275 g/mol. The number of fused-ring (bicyclic) bond motifs is 2. The molecule has 3 heteroatoms. The minimum atomic E-state index is -0.00234. The largest absolute Gasteiger partial charge is 0.350 e. The average Bonchev–Trinajstić information content (AvgIpc) is 3.00. The van der Waals surface area contributed by atoms with Gasteiger partial charge in [0.25, 0.3) is 0 Å². The van der Waals surface area contributed by atoms with Gasteiger partial charge in [0, 0.05) is 17.1 Å². The van der Waals surface area contributed by atoms with E-state index in [1.54, 1.807) is 12.2 Å². The molecule has 1 aromatic rings. The summed E-state index contributed by atoms with van der Waals surface area (Å²) in [5.41, 5.74) is 0.882. The number of benzene rings is 1. The molecule has 1 amide bonds. The minimum Gasteiger partial charge on any atom is -0.350 e. The van der Waals surface area contributed by atoms with E-state index >= 15 is 0 Å². The number of hydrogen-bond acceptors (Lipinski definition) is 1. The third-order valence-corrected chi connectivity index (χ3v) is 4.73. The van der Waals surface area contributed by atoms with Crippen molar-refractivity contribution in [3.05, 3.63) is 40.9 Å². The fraction of sp³-hybridized carbons (Fsp3) is 0.438. The van der Waals surface area contributed by atoms with Crippen LogP contribution in [0.4, 0.5) is 0 Å². The molecule has 3 atom stereocenters. The maximum atomic E-state index is 11.9. The lowest BCUT2D eigenvalue weighted by Gasteiger charge is -2.22. The Kier molecular flexibility index (Phi) is 3.61. The molecular weight excluding hydrogens is 258 g/mol. The molecular formula is C16H18ClNO. The fourth-order valence-corrected chi connectivity index (χ4v) is 3.63. The molecule has 2 aliphatic carbocycles. The van der Waals surface area contributed by atoms with Crippen molar-refractivity contribution in [1.82, 2.24) is 5.32 Å². The van der Waals surface area contributed by atoms with Crippen molar-refractivity contribution in [2.75, 3.05) is 0 Å². The molecule has 2 saturated carbocycles. The van der Waals surface area contributed by atoms with Gasteiger partial charge in [-0.2, -0.15) is 0 Å². The molecule has 1 N–H and O–H groups in total. The van der Waals surface area contributed by atoms with E-state index in [2.05, 4.69) is 5.32 Å². The number of halogens is 1. The maximum Gasteiger partial charge on any atom is 0.244 e. The predicted octanol–water partition coefficient (Wildman–Crippen LogP) is 3.66. The van der Waals surface area contributed by atoms with Crippen LogP contribution in [0.5, 0.6) is 0 Å². The molecule has 0 saturated heterocycles. The smallest absolute Gasteiger partial charge is 0.244 e. The van der Waals surface area contributed by atoms with Crippen molar-refractivity contribution in [3.8, 4) is 0 Å². The Labute approximate surface area is 118 Å². The molecule has 100 valence electrons. The van der Waals surface area contributed by atoms with Gasteiger partial charge >= 0.3 is 0 Å². The number of amides is 1. The molecule has 1 aromatic carbocycles. The second-order valence-electron chi connectivity index (χ2n) is 5.64. The Hall–Kier alpha value is -1.28. The molecule has 0 heterocycles. The maximum absolute atomic E-state index is 11.9. The molecule has 3 rings (SSSR count). The average molecular weight is 276 g/mol. The molecule has 2 fully saturated rings. The summed E-state index contributed by atoms with van der Waals surface area (Å²) in [6, 6.07) is 7.93. The second kappa shape index (κ2) is 5.38. The highest BCUT2D eigenvalue weighted by atomic mass is 35.5. The topological polar surface area (TPSA) is 29.1 Å². The first kappa shape index (κ1) is 12.7. The van der Waals surface area contributed by atoms with Crippen LogP contribution in [0.1, 0.15) is 31.2 Å². The van der Waals surface area contributed by atoms with Gasteiger partial charge in [0.1, 0.15) is 0 Å². The van der Waals surface area contributed by atoms with E-state index in [0.717, 1.165) is 17.9 Å². The van der Waals surface area contributed by atoms with E-state index in [4.69, 9.17) is 11.6 Å². The van der Waals surface area contributed by atoms with E-state index in [9.17, 15) is 4.79 Å². The van der Waals surface area contributed by atoms with E-state index in [-0.39, 0.29) is 5.91 Å². The number of carbonyl (C=O) groups is 1. The van der Waals surface area contributed by atoms with Crippen LogP contribution >= 0.6 is 11.6 Å². The van der Waals surface area contributed by atoms with Crippen molar-refractivity contribution < 1.29 is 4.79 Å². The molecule has 2 bridgehead atoms. The highest BCUT2D eigenvalue weighted by Gasteiger charge is 2.39. The van der Waals surface area contributed by atoms with E-state index in [1.165, 1.54) is 19.3 Å².